The van der Waals surface area contributed by atoms with Gasteiger partial charge in [-0.1, -0.05) is 12.1 Å². The van der Waals surface area contributed by atoms with Crippen LogP contribution >= 0.6 is 0 Å². The highest BCUT2D eigenvalue weighted by Crippen LogP contribution is 2.16. The third-order valence-corrected chi connectivity index (χ3v) is 5.18. The van der Waals surface area contributed by atoms with Crippen molar-refractivity contribution in [1.82, 2.24) is 4.72 Å². The number of ether oxygens (including phenoxy) is 1. The van der Waals surface area contributed by atoms with Crippen LogP contribution in [0.25, 0.3) is 0 Å². The Balaban J connectivity index is 1.62. The zero-order chi connectivity index (χ0) is 19.3. The molecule has 0 bridgehead atoms. The molecule has 0 unspecified atom stereocenters. The molecular weight excluding hydrogens is 373 g/mol. The molecule has 2 aromatic rings. The van der Waals surface area contributed by atoms with Gasteiger partial charge in [0.2, 0.25) is 0 Å². The van der Waals surface area contributed by atoms with Crippen molar-refractivity contribution in [3.05, 3.63) is 54.3 Å². The van der Waals surface area contributed by atoms with E-state index in [0.29, 0.717) is 17.9 Å². The van der Waals surface area contributed by atoms with Gasteiger partial charge in [0.25, 0.3) is 11.7 Å². The van der Waals surface area contributed by atoms with Crippen molar-refractivity contribution in [2.24, 2.45) is 0 Å². The first-order chi connectivity index (χ1) is 12.9. The van der Waals surface area contributed by atoms with Crippen LogP contribution in [0.3, 0.4) is 0 Å². The van der Waals surface area contributed by atoms with Gasteiger partial charge >= 0.3 is 10.0 Å². The van der Waals surface area contributed by atoms with E-state index in [4.69, 9.17) is 4.74 Å². The summed E-state index contributed by atoms with van der Waals surface area (Å²) in [7, 11) is -3.74. The monoisotopic (exact) mass is 392 g/mol. The fraction of sp³-hybridized carbons (Fsp3) is 0.222. The van der Waals surface area contributed by atoms with Crippen molar-refractivity contribution in [3.8, 4) is 5.75 Å². The van der Waals surface area contributed by atoms with Gasteiger partial charge in [-0.05, 0) is 36.8 Å². The third-order valence-electron chi connectivity index (χ3n) is 3.79. The molecule has 0 aromatic heterocycles. The van der Waals surface area contributed by atoms with Gasteiger partial charge in [-0.3, -0.25) is 9.79 Å². The smallest absolute Gasteiger partial charge is 0.328 e. The van der Waals surface area contributed by atoms with Crippen molar-refractivity contribution >= 4 is 27.5 Å². The average Bonchev–Trinajstić information content (AvgIpc) is 3.13. The van der Waals surface area contributed by atoms with Crippen LogP contribution in [0, 0.1) is 5.82 Å². The van der Waals surface area contributed by atoms with E-state index in [1.165, 1.54) is 42.5 Å². The Morgan fingerprint density at radius 3 is 2.74 bits per heavy atom. The van der Waals surface area contributed by atoms with E-state index in [2.05, 4.69) is 15.0 Å². The maximum absolute atomic E-state index is 13.1. The molecule has 1 amide bonds. The molecule has 0 aliphatic carbocycles. The Labute approximate surface area is 156 Å². The Kier molecular flexibility index (Phi) is 5.70. The molecule has 0 saturated carbocycles. The zero-order valence-electron chi connectivity index (χ0n) is 14.4. The number of amidine groups is 1. The lowest BCUT2D eigenvalue weighted by Crippen LogP contribution is -2.72. The van der Waals surface area contributed by atoms with Crippen LogP contribution < -0.4 is 19.8 Å². The van der Waals surface area contributed by atoms with Crippen LogP contribution in [-0.4, -0.2) is 33.3 Å². The second-order valence-electron chi connectivity index (χ2n) is 5.94. The van der Waals surface area contributed by atoms with Crippen LogP contribution in [0.4, 0.5) is 10.1 Å². The normalized spacial score (nSPS) is 13.7. The Hall–Kier alpha value is -2.94. The Morgan fingerprint density at radius 1 is 1.19 bits per heavy atom. The van der Waals surface area contributed by atoms with Crippen LogP contribution in [0.2, 0.25) is 0 Å². The summed E-state index contributed by atoms with van der Waals surface area (Å²) < 4.78 is 45.7. The first kappa shape index (κ1) is 18.8. The summed E-state index contributed by atoms with van der Waals surface area (Å²) in [6.07, 6.45) is 1.52. The van der Waals surface area contributed by atoms with Gasteiger partial charge in [0, 0.05) is 11.8 Å². The van der Waals surface area contributed by atoms with Gasteiger partial charge < -0.3 is 10.1 Å². The average molecular weight is 392 g/mol. The van der Waals surface area contributed by atoms with Crippen LogP contribution in [0.5, 0.6) is 5.75 Å². The first-order valence-electron chi connectivity index (χ1n) is 8.33. The number of halogens is 1. The molecule has 0 radical (unpaired) electrons. The molecule has 3 rings (SSSR count). The molecule has 0 saturated heterocycles. The molecule has 1 aliphatic heterocycles. The summed E-state index contributed by atoms with van der Waals surface area (Å²) in [5, 5.41) is 2.56. The number of hydrogen-bond acceptors (Lipinski definition) is 4. The molecule has 9 heteroatoms. The summed E-state index contributed by atoms with van der Waals surface area (Å²) in [6.45, 7) is 0.403. The third kappa shape index (κ3) is 5.27. The van der Waals surface area contributed by atoms with Gasteiger partial charge in [-0.25, -0.2) is 4.39 Å². The number of amides is 1. The number of rotatable bonds is 6. The van der Waals surface area contributed by atoms with Crippen LogP contribution in [-0.2, 0) is 14.8 Å². The summed E-state index contributed by atoms with van der Waals surface area (Å²) in [5.41, 5.74) is 0.315. The van der Waals surface area contributed by atoms with Gasteiger partial charge in [0.15, 0.2) is 6.61 Å². The Bertz CT molecular complexity index is 976. The van der Waals surface area contributed by atoms with Gasteiger partial charge in [0.1, 0.15) is 16.5 Å². The van der Waals surface area contributed by atoms with E-state index in [0.717, 1.165) is 13.0 Å². The first-order valence-corrected chi connectivity index (χ1v) is 9.81. The molecule has 0 atom stereocenters. The minimum atomic E-state index is -3.74. The maximum atomic E-state index is 13.1. The lowest BCUT2D eigenvalue weighted by atomic mass is 10.3. The largest absolute Gasteiger partial charge is 0.484 e. The molecule has 2 aromatic carbocycles. The summed E-state index contributed by atoms with van der Waals surface area (Å²) in [5.74, 6) is -0.166. The number of anilines is 1. The lowest BCUT2D eigenvalue weighted by molar-refractivity contribution is -0.448. The molecular formula is C18H19FN3O4S+. The molecule has 7 nitrogen and oxygen atoms in total. The van der Waals surface area contributed by atoms with Crippen molar-refractivity contribution in [3.63, 3.8) is 0 Å². The van der Waals surface area contributed by atoms with E-state index < -0.39 is 21.7 Å². The fourth-order valence-corrected chi connectivity index (χ4v) is 3.70. The SMILES string of the molecule is O=C(COc1cccc(F)c1)Nc1cccc(S(=O)(=O)NC2=[NH+]CCC2)c1. The summed E-state index contributed by atoms with van der Waals surface area (Å²) in [4.78, 5) is 15.0. The molecule has 1 heterocycles. The van der Waals surface area contributed by atoms with E-state index >= 15 is 0 Å². The minimum Gasteiger partial charge on any atom is -0.484 e. The molecule has 1 aliphatic rings. The van der Waals surface area contributed by atoms with Crippen molar-refractivity contribution in [1.29, 1.82) is 0 Å². The highest BCUT2D eigenvalue weighted by molar-refractivity contribution is 7.90. The minimum absolute atomic E-state index is 0.0348. The van der Waals surface area contributed by atoms with Crippen LogP contribution in [0.1, 0.15) is 12.8 Å². The molecule has 0 spiro atoms. The van der Waals surface area contributed by atoms with Gasteiger partial charge in [-0.2, -0.15) is 13.1 Å². The van der Waals surface area contributed by atoms with E-state index in [1.807, 2.05) is 0 Å². The van der Waals surface area contributed by atoms with E-state index in [-0.39, 0.29) is 17.3 Å². The molecule has 3 N–H and O–H groups in total. The fourth-order valence-electron chi connectivity index (χ4n) is 2.54. The topological polar surface area (TPSA) is 98.5 Å². The molecule has 142 valence electrons. The van der Waals surface area contributed by atoms with Crippen LogP contribution in [0.15, 0.2) is 53.4 Å². The molecule has 0 fully saturated rings. The predicted octanol–water partition coefficient (Wildman–Crippen LogP) is 0.394. The Morgan fingerprint density at radius 2 is 2.00 bits per heavy atom. The van der Waals surface area contributed by atoms with Crippen molar-refractivity contribution < 1.29 is 27.3 Å². The zero-order valence-corrected chi connectivity index (χ0v) is 15.2. The standard InChI is InChI=1S/C18H18FN3O4S/c19-13-4-1-6-15(10-13)26-12-18(23)21-14-5-2-7-16(11-14)27(24,25)22-17-8-3-9-20-17/h1-2,4-7,10-11H,3,8-9,12H2,(H,20,22)(H,21,23)/p+1. The lowest BCUT2D eigenvalue weighted by Gasteiger charge is -2.09. The number of carbonyl (C=O) groups is 1. The second kappa shape index (κ2) is 8.17. The van der Waals surface area contributed by atoms with E-state index in [9.17, 15) is 17.6 Å². The quantitative estimate of drug-likeness (QED) is 0.663. The summed E-state index contributed by atoms with van der Waals surface area (Å²) in [6, 6.07) is 11.3. The predicted molar refractivity (Wildman–Crippen MR) is 97.4 cm³/mol. The maximum Gasteiger partial charge on any atom is 0.328 e. The highest BCUT2D eigenvalue weighted by Gasteiger charge is 2.24. The number of hydrogen-bond donors (Lipinski definition) is 3. The second-order valence-corrected chi connectivity index (χ2v) is 7.62. The molecule has 27 heavy (non-hydrogen) atoms. The number of benzene rings is 2. The number of sulfonamides is 1. The van der Waals surface area contributed by atoms with Gasteiger partial charge in [0.05, 0.1) is 13.0 Å². The summed E-state index contributed by atoms with van der Waals surface area (Å²) >= 11 is 0. The van der Waals surface area contributed by atoms with Crippen molar-refractivity contribution in [2.75, 3.05) is 18.5 Å². The van der Waals surface area contributed by atoms with E-state index in [1.54, 1.807) is 6.07 Å². The number of nitrogens with one attached hydrogen (secondary N) is 3. The number of carbonyl (C=O) groups excluding carboxylic acids is 1. The van der Waals surface area contributed by atoms with Gasteiger partial charge in [-0.15, -0.1) is 0 Å². The van der Waals surface area contributed by atoms with Crippen molar-refractivity contribution in [2.45, 2.75) is 17.7 Å². The highest BCUT2D eigenvalue weighted by atomic mass is 32.2.